The Labute approximate surface area is 389 Å². The number of fused-ring (bicyclic) bond motifs is 7. The topological polar surface area (TPSA) is 326 Å². The molecule has 0 radical (unpaired) electrons. The van der Waals surface area contributed by atoms with E-state index in [4.69, 9.17) is 33.5 Å². The number of carbonyl (C=O) groups is 4. The number of rotatable bonds is 13. The van der Waals surface area contributed by atoms with Crippen LogP contribution in [0.2, 0.25) is 0 Å². The van der Waals surface area contributed by atoms with Gasteiger partial charge in [-0.3, -0.25) is 4.79 Å². The van der Waals surface area contributed by atoms with E-state index >= 15 is 0 Å². The van der Waals surface area contributed by atoms with Crippen molar-refractivity contribution in [3.05, 3.63) is 11.6 Å². The quantitative estimate of drug-likeness (QED) is 0.0538. The Morgan fingerprint density at radius 2 is 1.45 bits per heavy atom. The van der Waals surface area contributed by atoms with Crippen molar-refractivity contribution in [2.24, 2.45) is 50.2 Å². The van der Waals surface area contributed by atoms with Crippen LogP contribution in [0.3, 0.4) is 0 Å². The second-order valence-electron chi connectivity index (χ2n) is 22.7. The van der Waals surface area contributed by atoms with Gasteiger partial charge in [-0.15, -0.1) is 0 Å². The number of carbonyl (C=O) groups excluding carboxylic acids is 1. The maximum Gasteiger partial charge on any atom is 0.337 e. The first kappa shape index (κ1) is 52.0. The van der Waals surface area contributed by atoms with Crippen molar-refractivity contribution in [3.8, 4) is 0 Å². The van der Waals surface area contributed by atoms with Crippen molar-refractivity contribution < 1.29 is 98.7 Å². The highest BCUT2D eigenvalue weighted by Crippen LogP contribution is 2.76. The molecule has 0 aromatic rings. The first-order valence-corrected chi connectivity index (χ1v) is 23.6. The van der Waals surface area contributed by atoms with E-state index in [1.807, 2.05) is 0 Å². The maximum atomic E-state index is 14.7. The predicted octanol–water partition coefficient (Wildman–Crippen LogP) is 1.31. The summed E-state index contributed by atoms with van der Waals surface area (Å²) in [5.74, 6) is -5.54. The Balaban J connectivity index is 1.13. The summed E-state index contributed by atoms with van der Waals surface area (Å²) in [5, 5.41) is 103. The zero-order valence-electron chi connectivity index (χ0n) is 39.4. The third kappa shape index (κ3) is 8.65. The van der Waals surface area contributed by atoms with Crippen LogP contribution in [0.4, 0.5) is 0 Å². The van der Waals surface area contributed by atoms with Gasteiger partial charge in [0.15, 0.2) is 18.7 Å². The van der Waals surface area contributed by atoms with Crippen molar-refractivity contribution in [2.75, 3.05) is 13.2 Å². The van der Waals surface area contributed by atoms with Crippen LogP contribution in [0.1, 0.15) is 113 Å². The summed E-state index contributed by atoms with van der Waals surface area (Å²) in [6, 6.07) is 0. The molecule has 20 heteroatoms. The molecule has 7 rings (SSSR count). The van der Waals surface area contributed by atoms with Crippen molar-refractivity contribution in [1.29, 1.82) is 0 Å². The van der Waals surface area contributed by atoms with Gasteiger partial charge in [-0.2, -0.15) is 0 Å². The molecule has 6 fully saturated rings. The van der Waals surface area contributed by atoms with Gasteiger partial charge in [0.1, 0.15) is 49.3 Å². The summed E-state index contributed by atoms with van der Waals surface area (Å²) in [5.41, 5.74) is -1.20. The number of aliphatic carboxylic acids is 3. The van der Waals surface area contributed by atoms with Crippen molar-refractivity contribution in [3.63, 3.8) is 0 Å². The van der Waals surface area contributed by atoms with Crippen molar-refractivity contribution in [1.82, 2.24) is 0 Å². The molecule has 67 heavy (non-hydrogen) atoms. The molecule has 20 atom stereocenters. The average Bonchev–Trinajstić information content (AvgIpc) is 3.24. The molecule has 0 aromatic heterocycles. The first-order valence-electron chi connectivity index (χ1n) is 23.6. The van der Waals surface area contributed by atoms with Gasteiger partial charge in [-0.25, -0.2) is 14.4 Å². The molecule has 380 valence electrons. The Bertz CT molecular complexity index is 1920. The molecule has 10 N–H and O–H groups in total. The van der Waals surface area contributed by atoms with Gasteiger partial charge in [0.2, 0.25) is 12.4 Å². The van der Waals surface area contributed by atoms with Gasteiger partial charge in [0, 0.05) is 0 Å². The zero-order valence-corrected chi connectivity index (χ0v) is 39.4. The van der Waals surface area contributed by atoms with Crippen LogP contribution >= 0.6 is 0 Å². The highest BCUT2D eigenvalue weighted by molar-refractivity contribution is 5.79. The molecule has 0 aromatic carbocycles. The van der Waals surface area contributed by atoms with Gasteiger partial charge < -0.3 is 79.5 Å². The normalized spacial score (nSPS) is 46.5. The van der Waals surface area contributed by atoms with Gasteiger partial charge in [-0.1, -0.05) is 60.1 Å². The highest BCUT2D eigenvalue weighted by atomic mass is 16.7. The molecule has 2 aliphatic heterocycles. The monoisotopic (exact) mass is 956 g/mol. The zero-order chi connectivity index (χ0) is 49.6. The Morgan fingerprint density at radius 1 is 0.776 bits per heavy atom. The molecule has 20 nitrogen and oxygen atoms in total. The number of aliphatic hydroxyl groups excluding tert-OH is 7. The van der Waals surface area contributed by atoms with E-state index in [1.54, 1.807) is 0 Å². The Hall–Kier alpha value is -2.86. The van der Waals surface area contributed by atoms with Crippen LogP contribution in [0.15, 0.2) is 11.6 Å². The van der Waals surface area contributed by atoms with Gasteiger partial charge >= 0.3 is 23.9 Å². The van der Waals surface area contributed by atoms with Crippen LogP contribution < -0.4 is 0 Å². The number of esters is 1. The van der Waals surface area contributed by atoms with Crippen LogP contribution in [0.5, 0.6) is 0 Å². The molecule has 0 spiro atoms. The Kier molecular flexibility index (Phi) is 14.3. The predicted molar refractivity (Wildman–Crippen MR) is 228 cm³/mol. The van der Waals surface area contributed by atoms with Crippen LogP contribution in [0, 0.1) is 50.2 Å². The number of hydrogen-bond donors (Lipinski definition) is 10. The van der Waals surface area contributed by atoms with E-state index in [1.165, 1.54) is 5.57 Å². The van der Waals surface area contributed by atoms with Crippen LogP contribution in [-0.4, -0.2) is 168 Å². The third-order valence-electron chi connectivity index (χ3n) is 18.3. The van der Waals surface area contributed by atoms with Crippen LogP contribution in [0.25, 0.3) is 0 Å². The third-order valence-corrected chi connectivity index (χ3v) is 18.3. The summed E-state index contributed by atoms with van der Waals surface area (Å²) in [6.07, 6.45) is -13.8. The Morgan fingerprint density at radius 3 is 2.07 bits per heavy atom. The highest BCUT2D eigenvalue weighted by Gasteiger charge is 2.70. The molecule has 0 unspecified atom stereocenters. The van der Waals surface area contributed by atoms with E-state index < -0.39 is 128 Å². The van der Waals surface area contributed by atoms with Crippen molar-refractivity contribution in [2.45, 2.75) is 193 Å². The lowest BCUT2D eigenvalue weighted by Gasteiger charge is -2.71. The fraction of sp³-hybridized carbons (Fsp3) is 0.872. The smallest absolute Gasteiger partial charge is 0.337 e. The molecule has 0 bridgehead atoms. The van der Waals surface area contributed by atoms with E-state index in [0.717, 1.165) is 32.1 Å². The van der Waals surface area contributed by atoms with E-state index in [0.29, 0.717) is 32.1 Å². The lowest BCUT2D eigenvalue weighted by molar-refractivity contribution is -0.345. The largest absolute Gasteiger partial charge is 0.480 e. The lowest BCUT2D eigenvalue weighted by atomic mass is 9.33. The van der Waals surface area contributed by atoms with Gasteiger partial charge in [0.05, 0.1) is 18.1 Å². The van der Waals surface area contributed by atoms with E-state index in [-0.39, 0.29) is 39.4 Å². The maximum absolute atomic E-state index is 14.7. The van der Waals surface area contributed by atoms with Gasteiger partial charge in [-0.05, 0) is 109 Å². The van der Waals surface area contributed by atoms with Gasteiger partial charge in [0.25, 0.3) is 0 Å². The average molecular weight is 957 g/mol. The minimum atomic E-state index is -2.48. The molecule has 2 saturated heterocycles. The molecule has 2 heterocycles. The molecule has 0 amide bonds. The van der Waals surface area contributed by atoms with Crippen LogP contribution in [-0.2, 0) is 47.6 Å². The SMILES string of the molecule is CC1(C)CC[C@]2(C(=O)O[C@@H]3O[C@H](CO)[C@@H](O)[C@H](O)[C@H]3O)CC[C@]3(C)C(=CC[C@@H]4[C@@]5(C)CC[C@H](O[C@@H]6O[C@H](C(=O)O)[C@@H](O)[C@H](O[C@H](OCC(=O)O)[C@@H](O)C(=O)O)[C@H]6O)C(C)(C)[C@@H]5CC[C@]43C)[C@@H]2C1. The minimum Gasteiger partial charge on any atom is -0.480 e. The summed E-state index contributed by atoms with van der Waals surface area (Å²) in [7, 11) is 0. The standard InChI is InChI=1S/C47H72O20/c1-42(2)14-16-47(41(61)67-39-30(53)29(52)28(51)23(19-48)63-39)17-15-45(6)21(22(47)18-42)8-9-25-44(5)12-11-26(43(3,4)24(44)10-13-46(25,45)7)64-40-32(55)34(31(54)35(66-40)37(59)60)65-38(33(56)36(57)58)62-20-27(49)50/h8,22-26,28-35,38-40,48,51-56H,9-20H2,1-7H3,(H,49,50)(H,57,58)(H,59,60)/t22-,23+,24-,25+,26-,28+,29-,30+,31-,32+,33-,34-,35-,38-,39-,40+,44-,45+,46+,47-/m0/s1. The molecule has 7 aliphatic rings. The molecular weight excluding hydrogens is 884 g/mol. The first-order chi connectivity index (χ1) is 31.1. The second-order valence-corrected chi connectivity index (χ2v) is 22.7. The summed E-state index contributed by atoms with van der Waals surface area (Å²) in [4.78, 5) is 49.9. The van der Waals surface area contributed by atoms with E-state index in [2.05, 4.69) is 54.5 Å². The number of carboxylic acids is 3. The lowest BCUT2D eigenvalue weighted by Crippen LogP contribution is -2.66. The molecule has 5 aliphatic carbocycles. The molecular formula is C47H72O20. The fourth-order valence-electron chi connectivity index (χ4n) is 14.3. The summed E-state index contributed by atoms with van der Waals surface area (Å²) >= 11 is 0. The fourth-order valence-corrected chi connectivity index (χ4v) is 14.3. The number of allylic oxidation sites excluding steroid dienone is 2. The molecule has 4 saturated carbocycles. The number of hydrogen-bond acceptors (Lipinski definition) is 17. The summed E-state index contributed by atoms with van der Waals surface area (Å²) < 4.78 is 34.2. The van der Waals surface area contributed by atoms with Crippen molar-refractivity contribution >= 4 is 23.9 Å². The second kappa shape index (κ2) is 18.4. The number of aliphatic hydroxyl groups is 7. The summed E-state index contributed by atoms with van der Waals surface area (Å²) in [6.45, 7) is 13.8. The number of ether oxygens (including phenoxy) is 6. The van der Waals surface area contributed by atoms with E-state index in [9.17, 15) is 65.1 Å². The number of carboxylic acid groups (broad SMARTS) is 3. The minimum absolute atomic E-state index is 0.0494.